The van der Waals surface area contributed by atoms with Gasteiger partial charge in [-0.15, -0.1) is 0 Å². The third-order valence-electron chi connectivity index (χ3n) is 13.2. The van der Waals surface area contributed by atoms with Crippen LogP contribution in [0.1, 0.15) is 74.9 Å². The number of nitrogens with one attached hydrogen (secondary N) is 4. The van der Waals surface area contributed by atoms with Gasteiger partial charge in [0.15, 0.2) is 6.10 Å². The first-order valence-electron chi connectivity index (χ1n) is 22.7. The number of H-pyrrole nitrogens is 2. The van der Waals surface area contributed by atoms with Crippen molar-refractivity contribution in [2.75, 3.05) is 33.4 Å². The number of alkyl carbamates (subject to hydrolysis) is 2. The number of benzene rings is 5. The summed E-state index contributed by atoms with van der Waals surface area (Å²) in [5.74, 6) is 0.974. The zero-order valence-electron chi connectivity index (χ0n) is 37.1. The number of methoxy groups -OCH3 is 1. The number of fused-ring (bicyclic) bond motifs is 4. The van der Waals surface area contributed by atoms with E-state index in [-0.39, 0.29) is 35.9 Å². The van der Waals surface area contributed by atoms with E-state index in [4.69, 9.17) is 24.2 Å². The van der Waals surface area contributed by atoms with Crippen LogP contribution >= 0.6 is 0 Å². The van der Waals surface area contributed by atoms with E-state index in [9.17, 15) is 19.2 Å². The Kier molecular flexibility index (Phi) is 11.6. The lowest BCUT2D eigenvalue weighted by molar-refractivity contribution is -0.136. The summed E-state index contributed by atoms with van der Waals surface area (Å²) in [6, 6.07) is 30.5. The second-order valence-electron chi connectivity index (χ2n) is 17.8. The Morgan fingerprint density at radius 2 is 1.38 bits per heavy atom. The monoisotopic (exact) mass is 888 g/mol. The number of rotatable bonds is 11. The molecule has 3 fully saturated rings. The van der Waals surface area contributed by atoms with Crippen LogP contribution in [0.5, 0.6) is 0 Å². The molecular formula is C51H52N8O7. The fraction of sp³-hybridized carbons (Fsp3) is 0.333. The molecule has 0 bridgehead atoms. The van der Waals surface area contributed by atoms with Crippen LogP contribution in [0.2, 0.25) is 0 Å². The molecule has 3 saturated heterocycles. The van der Waals surface area contributed by atoms with E-state index in [1.807, 2.05) is 66.2 Å². The molecule has 7 aromatic rings. The third kappa shape index (κ3) is 8.30. The molecule has 0 radical (unpaired) electrons. The smallest absolute Gasteiger partial charge is 0.408 e. The van der Waals surface area contributed by atoms with Gasteiger partial charge in [-0.2, -0.15) is 0 Å². The summed E-state index contributed by atoms with van der Waals surface area (Å²) < 4.78 is 15.4. The molecule has 3 aliphatic rings. The second kappa shape index (κ2) is 18.0. The zero-order valence-corrected chi connectivity index (χ0v) is 37.1. The van der Waals surface area contributed by atoms with Gasteiger partial charge >= 0.3 is 12.2 Å². The molecule has 5 heterocycles. The number of carbonyl (C=O) groups excluding carboxylic acids is 4. The van der Waals surface area contributed by atoms with Crippen molar-refractivity contribution in [1.82, 2.24) is 40.4 Å². The first-order chi connectivity index (χ1) is 32.1. The van der Waals surface area contributed by atoms with E-state index in [0.717, 1.165) is 86.5 Å². The van der Waals surface area contributed by atoms with Gasteiger partial charge in [-0.25, -0.2) is 19.6 Å². The molecule has 4 N–H and O–H groups in total. The number of aromatic nitrogens is 4. The van der Waals surface area contributed by atoms with Crippen LogP contribution in [-0.2, 0) is 23.8 Å². The molecule has 4 atom stereocenters. The van der Waals surface area contributed by atoms with Crippen LogP contribution in [0.4, 0.5) is 9.59 Å². The summed E-state index contributed by atoms with van der Waals surface area (Å²) in [7, 11) is 1.30. The third-order valence-corrected chi connectivity index (χ3v) is 13.2. The average molecular weight is 889 g/mol. The van der Waals surface area contributed by atoms with Crippen LogP contribution in [0.3, 0.4) is 0 Å². The van der Waals surface area contributed by atoms with Crippen LogP contribution in [0.15, 0.2) is 103 Å². The quantitative estimate of drug-likeness (QED) is 0.0989. The molecule has 15 heteroatoms. The Balaban J connectivity index is 0.849. The fourth-order valence-corrected chi connectivity index (χ4v) is 9.60. The zero-order chi connectivity index (χ0) is 45.5. The topological polar surface area (TPSA) is 184 Å². The number of likely N-dealkylation sites (tertiary alicyclic amines) is 2. The molecule has 0 spiro atoms. The van der Waals surface area contributed by atoms with Crippen molar-refractivity contribution in [2.24, 2.45) is 5.92 Å². The van der Waals surface area contributed by atoms with Crippen LogP contribution in [0.25, 0.3) is 55.0 Å². The summed E-state index contributed by atoms with van der Waals surface area (Å²) in [5.41, 5.74) is 6.43. The van der Waals surface area contributed by atoms with E-state index < -0.39 is 24.3 Å². The van der Waals surface area contributed by atoms with Crippen molar-refractivity contribution in [3.05, 3.63) is 120 Å². The SMILES string of the molecule is COC(=O)NC(C(=O)N1CCCC1c1nc2c(ccc3cc(-c4ccc5cc(-c6cnc(C7CCCN7C(=O)C(NC(=O)OC7COC7)c7ccccc7)[nH]6)ccc5c4)ccc32)[nH]1)C(C)C. The summed E-state index contributed by atoms with van der Waals surface area (Å²) in [6.45, 7) is 5.65. The van der Waals surface area contributed by atoms with Gasteiger partial charge in [0.25, 0.3) is 5.91 Å². The van der Waals surface area contributed by atoms with Crippen molar-refractivity contribution in [3.8, 4) is 22.4 Å². The first kappa shape index (κ1) is 42.7. The van der Waals surface area contributed by atoms with E-state index in [0.29, 0.717) is 37.7 Å². The number of aromatic amines is 2. The van der Waals surface area contributed by atoms with Crippen LogP contribution < -0.4 is 10.6 Å². The summed E-state index contributed by atoms with van der Waals surface area (Å²) in [5, 5.41) is 9.79. The minimum absolute atomic E-state index is 0.115. The maximum atomic E-state index is 14.2. The maximum absolute atomic E-state index is 14.2. The molecule has 2 aromatic heterocycles. The van der Waals surface area contributed by atoms with Crippen molar-refractivity contribution >= 4 is 56.6 Å². The molecule has 338 valence electrons. The number of hydrogen-bond acceptors (Lipinski definition) is 9. The Hall–Kier alpha value is -7.26. The van der Waals surface area contributed by atoms with Crippen molar-refractivity contribution < 1.29 is 33.4 Å². The number of carbonyl (C=O) groups is 4. The highest BCUT2D eigenvalue weighted by Crippen LogP contribution is 2.37. The Bertz CT molecular complexity index is 2960. The molecule has 4 amide bonds. The molecule has 15 nitrogen and oxygen atoms in total. The molecule has 4 unspecified atom stereocenters. The van der Waals surface area contributed by atoms with E-state index in [1.165, 1.54) is 7.11 Å². The van der Waals surface area contributed by atoms with Gasteiger partial charge in [-0.1, -0.05) is 86.6 Å². The van der Waals surface area contributed by atoms with Gasteiger partial charge in [0.1, 0.15) is 23.7 Å². The molecule has 66 heavy (non-hydrogen) atoms. The number of hydrogen-bond donors (Lipinski definition) is 4. The Morgan fingerprint density at radius 3 is 2.08 bits per heavy atom. The van der Waals surface area contributed by atoms with E-state index in [1.54, 1.807) is 0 Å². The average Bonchev–Trinajstić information content (AvgIpc) is 4.17. The second-order valence-corrected chi connectivity index (χ2v) is 17.8. The van der Waals surface area contributed by atoms with Crippen LogP contribution in [-0.4, -0.2) is 99.3 Å². The van der Waals surface area contributed by atoms with Gasteiger partial charge in [-0.05, 0) is 88.7 Å². The fourth-order valence-electron chi connectivity index (χ4n) is 9.60. The first-order valence-corrected chi connectivity index (χ1v) is 22.7. The number of ether oxygens (including phenoxy) is 3. The highest BCUT2D eigenvalue weighted by Gasteiger charge is 2.39. The van der Waals surface area contributed by atoms with Crippen molar-refractivity contribution in [3.63, 3.8) is 0 Å². The summed E-state index contributed by atoms with van der Waals surface area (Å²) >= 11 is 0. The van der Waals surface area contributed by atoms with Gasteiger partial charge in [0.2, 0.25) is 5.91 Å². The Labute approximate surface area is 381 Å². The standard InChI is InChI=1S/C51H52N8O7/c1-29(2)43(56-50(62)64-3)48(60)59-22-8-12-42(59)47-53-39-20-18-35-24-34(17-19-38(35)45(39)55-47)31-13-14-33-25-36(16-15-32(33)23-31)40-26-52-46(54-40)41-11-7-21-58(41)49(61)44(30-9-5-4-6-10-30)57-51(63)66-37-27-65-28-37/h4-6,9-10,13-20,23-26,29,37,41-44H,7-8,11-12,21-22,27-28H2,1-3H3,(H,52,54)(H,53,55)(H,56,62)(H,57,63). The summed E-state index contributed by atoms with van der Waals surface area (Å²) in [4.78, 5) is 73.4. The molecule has 0 saturated carbocycles. The van der Waals surface area contributed by atoms with Crippen molar-refractivity contribution in [1.29, 1.82) is 0 Å². The molecule has 10 rings (SSSR count). The minimum Gasteiger partial charge on any atom is -0.453 e. The van der Waals surface area contributed by atoms with Gasteiger partial charge in [0.05, 0.1) is 55.3 Å². The lowest BCUT2D eigenvalue weighted by Gasteiger charge is -2.30. The predicted molar refractivity (Wildman–Crippen MR) is 249 cm³/mol. The van der Waals surface area contributed by atoms with Gasteiger partial charge in [0, 0.05) is 24.0 Å². The number of nitrogens with zero attached hydrogens (tertiary/aromatic N) is 4. The number of amides is 4. The molecular weight excluding hydrogens is 837 g/mol. The van der Waals surface area contributed by atoms with Crippen molar-refractivity contribution in [2.45, 2.75) is 69.8 Å². The normalized spacial score (nSPS) is 18.4. The lowest BCUT2D eigenvalue weighted by Crippen LogP contribution is -2.51. The summed E-state index contributed by atoms with van der Waals surface area (Å²) in [6.07, 6.45) is 3.40. The van der Waals surface area contributed by atoms with E-state index in [2.05, 4.69) is 81.3 Å². The van der Waals surface area contributed by atoms with Gasteiger partial charge in [-0.3, -0.25) is 9.59 Å². The highest BCUT2D eigenvalue weighted by atomic mass is 16.6. The minimum atomic E-state index is -0.910. The Morgan fingerprint density at radius 1 is 0.727 bits per heavy atom. The van der Waals surface area contributed by atoms with E-state index >= 15 is 0 Å². The largest absolute Gasteiger partial charge is 0.453 e. The molecule has 3 aliphatic heterocycles. The molecule has 0 aliphatic carbocycles. The number of imidazole rings is 2. The predicted octanol–water partition coefficient (Wildman–Crippen LogP) is 8.50. The lowest BCUT2D eigenvalue weighted by atomic mass is 9.97. The highest BCUT2D eigenvalue weighted by molar-refractivity contribution is 6.06. The molecule has 5 aromatic carbocycles. The van der Waals surface area contributed by atoms with Crippen LogP contribution in [0, 0.1) is 5.92 Å². The maximum Gasteiger partial charge on any atom is 0.408 e. The van der Waals surface area contributed by atoms with Gasteiger partial charge < -0.3 is 44.6 Å².